The molecule has 0 aliphatic heterocycles. The fraction of sp³-hybridized carbons (Fsp3) is 0.474. The second-order valence-corrected chi connectivity index (χ2v) is 6.83. The van der Waals surface area contributed by atoms with Gasteiger partial charge in [0.2, 0.25) is 0 Å². The van der Waals surface area contributed by atoms with Crippen LogP contribution in [0.3, 0.4) is 0 Å². The van der Waals surface area contributed by atoms with E-state index in [1.807, 2.05) is 0 Å². The maximum Gasteiger partial charge on any atom is 0.484 e. The van der Waals surface area contributed by atoms with Gasteiger partial charge in [0.05, 0.1) is 0 Å². The Balaban J connectivity index is 0.000000235. The van der Waals surface area contributed by atoms with E-state index in [0.717, 1.165) is 39.1 Å². The molecule has 3 nitrogen and oxygen atoms in total. The lowest BCUT2D eigenvalue weighted by Crippen LogP contribution is -2.28. The first-order chi connectivity index (χ1) is 11.3. The van der Waals surface area contributed by atoms with E-state index in [-0.39, 0.29) is 0 Å². The van der Waals surface area contributed by atoms with Crippen molar-refractivity contribution in [2.24, 2.45) is 0 Å². The van der Waals surface area contributed by atoms with Crippen molar-refractivity contribution in [1.29, 1.82) is 0 Å². The smallest absolute Gasteiger partial charge is 0.376 e. The van der Waals surface area contributed by atoms with E-state index < -0.39 is 9.53 Å². The highest BCUT2D eigenvalue weighted by Gasteiger charge is 2.13. The van der Waals surface area contributed by atoms with Gasteiger partial charge in [0.15, 0.2) is 0 Å². The van der Waals surface area contributed by atoms with Crippen LogP contribution < -0.4 is 0 Å². The van der Waals surface area contributed by atoms with Crippen LogP contribution in [0.15, 0.2) is 48.5 Å². The first-order valence-corrected chi connectivity index (χ1v) is 10.0. The van der Waals surface area contributed by atoms with Crippen molar-refractivity contribution in [3.63, 3.8) is 0 Å². The summed E-state index contributed by atoms with van der Waals surface area (Å²) in [6.45, 7) is 8.53. The molecule has 0 radical (unpaired) electrons. The molecule has 0 unspecified atom stereocenters. The van der Waals surface area contributed by atoms with E-state index in [9.17, 15) is 0 Å². The molecule has 0 bridgehead atoms. The van der Waals surface area contributed by atoms with Crippen molar-refractivity contribution in [3.05, 3.63) is 48.5 Å². The highest BCUT2D eigenvalue weighted by atomic mass is 28.3. The summed E-state index contributed by atoms with van der Waals surface area (Å²) >= 11 is 0. The molecular formula is C19H30O3Si. The van der Waals surface area contributed by atoms with Crippen LogP contribution in [0.1, 0.15) is 40.0 Å². The number of rotatable bonds is 9. The van der Waals surface area contributed by atoms with Crippen molar-refractivity contribution < 1.29 is 13.3 Å². The zero-order valence-electron chi connectivity index (χ0n) is 14.7. The van der Waals surface area contributed by atoms with E-state index in [4.69, 9.17) is 13.3 Å². The van der Waals surface area contributed by atoms with E-state index in [1.165, 1.54) is 10.8 Å². The first-order valence-electron chi connectivity index (χ1n) is 8.60. The summed E-state index contributed by atoms with van der Waals surface area (Å²) in [6, 6.07) is 16.7. The zero-order chi connectivity index (χ0) is 16.8. The van der Waals surface area contributed by atoms with Gasteiger partial charge >= 0.3 is 9.53 Å². The van der Waals surface area contributed by atoms with E-state index in [1.54, 1.807) is 0 Å². The Hall–Kier alpha value is -1.20. The molecule has 0 saturated heterocycles. The lowest BCUT2D eigenvalue weighted by molar-refractivity contribution is 0.0933. The maximum atomic E-state index is 5.49. The highest BCUT2D eigenvalue weighted by molar-refractivity contribution is 6.36. The van der Waals surface area contributed by atoms with Crippen LogP contribution in [0.2, 0.25) is 0 Å². The third-order valence-electron chi connectivity index (χ3n) is 3.03. The second kappa shape index (κ2) is 13.3. The minimum Gasteiger partial charge on any atom is -0.376 e. The molecule has 0 fully saturated rings. The molecule has 0 N–H and O–H groups in total. The second-order valence-electron chi connectivity index (χ2n) is 5.25. The minimum absolute atomic E-state index is 0.754. The average molecular weight is 335 g/mol. The molecular weight excluding hydrogens is 304 g/mol. The van der Waals surface area contributed by atoms with Crippen LogP contribution in [0.4, 0.5) is 0 Å². The van der Waals surface area contributed by atoms with Gasteiger partial charge in [-0.05, 0) is 30.0 Å². The van der Waals surface area contributed by atoms with Gasteiger partial charge in [-0.1, -0.05) is 69.3 Å². The molecule has 0 aromatic heterocycles. The minimum atomic E-state index is -1.79. The maximum absolute atomic E-state index is 5.49. The summed E-state index contributed by atoms with van der Waals surface area (Å²) in [6.07, 6.45) is 3.07. The Morgan fingerprint density at radius 2 is 0.913 bits per heavy atom. The average Bonchev–Trinajstić information content (AvgIpc) is 2.62. The largest absolute Gasteiger partial charge is 0.484 e. The molecule has 128 valence electrons. The van der Waals surface area contributed by atoms with Crippen LogP contribution in [0.25, 0.3) is 10.8 Å². The van der Waals surface area contributed by atoms with Gasteiger partial charge in [0, 0.05) is 19.8 Å². The molecule has 0 aliphatic carbocycles. The van der Waals surface area contributed by atoms with E-state index in [2.05, 4.69) is 69.3 Å². The summed E-state index contributed by atoms with van der Waals surface area (Å²) in [5, 5.41) is 2.62. The lowest BCUT2D eigenvalue weighted by atomic mass is 10.1. The molecule has 2 aromatic carbocycles. The number of hydrogen-bond acceptors (Lipinski definition) is 3. The van der Waals surface area contributed by atoms with Crippen molar-refractivity contribution in [2.45, 2.75) is 40.0 Å². The van der Waals surface area contributed by atoms with Crippen LogP contribution in [-0.4, -0.2) is 29.3 Å². The molecule has 0 heterocycles. The SMILES string of the molecule is CCCO[SiH](OCCC)OCCC.c1ccc2ccccc2c1. The summed E-state index contributed by atoms with van der Waals surface area (Å²) in [5.74, 6) is 0. The Kier molecular flexibility index (Phi) is 11.4. The van der Waals surface area contributed by atoms with E-state index >= 15 is 0 Å². The first kappa shape index (κ1) is 19.8. The van der Waals surface area contributed by atoms with Gasteiger partial charge < -0.3 is 13.3 Å². The molecule has 0 saturated carbocycles. The molecule has 0 aliphatic rings. The summed E-state index contributed by atoms with van der Waals surface area (Å²) in [7, 11) is -1.79. The lowest BCUT2D eigenvalue weighted by Gasteiger charge is -2.15. The Bertz CT molecular complexity index is 434. The quantitative estimate of drug-likeness (QED) is 0.615. The fourth-order valence-corrected chi connectivity index (χ4v) is 3.49. The third-order valence-corrected chi connectivity index (χ3v) is 4.56. The summed E-state index contributed by atoms with van der Waals surface area (Å²) in [4.78, 5) is 0. The van der Waals surface area contributed by atoms with Gasteiger partial charge in [0.25, 0.3) is 0 Å². The predicted octanol–water partition coefficient (Wildman–Crippen LogP) is 4.82. The molecule has 2 aromatic rings. The van der Waals surface area contributed by atoms with Crippen LogP contribution >= 0.6 is 0 Å². The predicted molar refractivity (Wildman–Crippen MR) is 99.8 cm³/mol. The topological polar surface area (TPSA) is 27.7 Å². The van der Waals surface area contributed by atoms with Crippen molar-refractivity contribution >= 4 is 20.3 Å². The molecule has 0 atom stereocenters. The normalized spacial score (nSPS) is 10.6. The highest BCUT2D eigenvalue weighted by Crippen LogP contribution is 2.11. The van der Waals surface area contributed by atoms with Crippen LogP contribution in [0.5, 0.6) is 0 Å². The molecule has 0 amide bonds. The van der Waals surface area contributed by atoms with Gasteiger partial charge in [-0.3, -0.25) is 0 Å². The Morgan fingerprint density at radius 3 is 1.17 bits per heavy atom. The van der Waals surface area contributed by atoms with Gasteiger partial charge in [0.1, 0.15) is 0 Å². The fourth-order valence-electron chi connectivity index (χ4n) is 1.92. The van der Waals surface area contributed by atoms with Crippen LogP contribution in [0, 0.1) is 0 Å². The van der Waals surface area contributed by atoms with Crippen molar-refractivity contribution in [3.8, 4) is 0 Å². The third kappa shape index (κ3) is 8.86. The van der Waals surface area contributed by atoms with Gasteiger partial charge in [-0.25, -0.2) is 0 Å². The number of hydrogen-bond donors (Lipinski definition) is 0. The molecule has 23 heavy (non-hydrogen) atoms. The number of benzene rings is 2. The zero-order valence-corrected chi connectivity index (χ0v) is 15.8. The molecule has 0 spiro atoms. The molecule has 4 heteroatoms. The standard InChI is InChI=1S/C10H8.C9H22O3Si/c1-2-6-10-8-4-3-7-9(10)5-1;1-4-7-10-13(11-8-5-2)12-9-6-3/h1-8H;13H,4-9H2,1-3H3. The van der Waals surface area contributed by atoms with Crippen LogP contribution in [-0.2, 0) is 13.3 Å². The molecule has 2 rings (SSSR count). The van der Waals surface area contributed by atoms with Gasteiger partial charge in [-0.2, -0.15) is 0 Å². The Labute approximate surface area is 142 Å². The monoisotopic (exact) mass is 334 g/mol. The summed E-state index contributed by atoms with van der Waals surface area (Å²) < 4.78 is 16.5. The number of fused-ring (bicyclic) bond motifs is 1. The Morgan fingerprint density at radius 1 is 0.609 bits per heavy atom. The van der Waals surface area contributed by atoms with Crippen molar-refractivity contribution in [1.82, 2.24) is 0 Å². The van der Waals surface area contributed by atoms with E-state index in [0.29, 0.717) is 0 Å². The summed E-state index contributed by atoms with van der Waals surface area (Å²) in [5.41, 5.74) is 0. The van der Waals surface area contributed by atoms with Crippen molar-refractivity contribution in [2.75, 3.05) is 19.8 Å². The van der Waals surface area contributed by atoms with Gasteiger partial charge in [-0.15, -0.1) is 0 Å².